The molecule has 1 atom stereocenters. The first kappa shape index (κ1) is 11.3. The number of primary amides is 1. The van der Waals surface area contributed by atoms with Gasteiger partial charge in [-0.2, -0.15) is 0 Å². The van der Waals surface area contributed by atoms with Gasteiger partial charge in [-0.05, 0) is 25.1 Å². The highest BCUT2D eigenvalue weighted by molar-refractivity contribution is 5.78. The van der Waals surface area contributed by atoms with Crippen molar-refractivity contribution in [3.8, 4) is 0 Å². The zero-order chi connectivity index (χ0) is 12.5. The van der Waals surface area contributed by atoms with Gasteiger partial charge in [-0.25, -0.2) is 0 Å². The number of nitrogens with two attached hydrogens (primary N) is 1. The Kier molecular flexibility index (Phi) is 2.80. The second-order valence-electron chi connectivity index (χ2n) is 4.87. The molecule has 0 bridgehead atoms. The molecule has 18 heavy (non-hydrogen) atoms. The Morgan fingerprint density at radius 1 is 1.44 bits per heavy atom. The van der Waals surface area contributed by atoms with Gasteiger partial charge < -0.3 is 10.2 Å². The number of benzene rings is 1. The number of hydrogen-bond acceptors (Lipinski definition) is 3. The molecule has 2 aromatic rings. The van der Waals surface area contributed by atoms with E-state index < -0.39 is 0 Å². The molecule has 1 aliphatic rings. The van der Waals surface area contributed by atoms with Crippen molar-refractivity contribution < 1.29 is 9.21 Å². The van der Waals surface area contributed by atoms with Gasteiger partial charge in [0.05, 0.1) is 12.5 Å². The van der Waals surface area contributed by atoms with Gasteiger partial charge in [0.1, 0.15) is 11.3 Å². The third kappa shape index (κ3) is 2.11. The summed E-state index contributed by atoms with van der Waals surface area (Å²) >= 11 is 0. The molecule has 1 fully saturated rings. The van der Waals surface area contributed by atoms with Crippen LogP contribution in [0.2, 0.25) is 0 Å². The van der Waals surface area contributed by atoms with Crippen LogP contribution in [0.5, 0.6) is 0 Å². The first-order chi connectivity index (χ1) is 8.72. The zero-order valence-corrected chi connectivity index (χ0v) is 10.1. The highest BCUT2D eigenvalue weighted by Crippen LogP contribution is 2.23. The van der Waals surface area contributed by atoms with Crippen LogP contribution in [0.15, 0.2) is 34.7 Å². The lowest BCUT2D eigenvalue weighted by Gasteiger charge is -2.12. The highest BCUT2D eigenvalue weighted by Gasteiger charge is 2.26. The summed E-state index contributed by atoms with van der Waals surface area (Å²) in [5.41, 5.74) is 6.24. The molecule has 2 N–H and O–H groups in total. The van der Waals surface area contributed by atoms with E-state index in [0.717, 1.165) is 42.8 Å². The summed E-state index contributed by atoms with van der Waals surface area (Å²) in [5.74, 6) is 0.748. The minimum Gasteiger partial charge on any atom is -0.460 e. The summed E-state index contributed by atoms with van der Waals surface area (Å²) < 4.78 is 5.77. The quantitative estimate of drug-likeness (QED) is 0.894. The average molecular weight is 244 g/mol. The normalized spacial score (nSPS) is 20.6. The fourth-order valence-electron chi connectivity index (χ4n) is 2.54. The molecule has 0 spiro atoms. The summed E-state index contributed by atoms with van der Waals surface area (Å²) in [6.07, 6.45) is 0.857. The lowest BCUT2D eigenvalue weighted by molar-refractivity contribution is -0.121. The van der Waals surface area contributed by atoms with Crippen LogP contribution in [-0.4, -0.2) is 23.9 Å². The summed E-state index contributed by atoms with van der Waals surface area (Å²) in [6.45, 7) is 2.40. The topological polar surface area (TPSA) is 59.5 Å². The molecular formula is C14H16N2O2. The largest absolute Gasteiger partial charge is 0.460 e. The molecule has 1 aliphatic heterocycles. The number of carbonyl (C=O) groups is 1. The van der Waals surface area contributed by atoms with E-state index in [2.05, 4.69) is 11.0 Å². The van der Waals surface area contributed by atoms with Gasteiger partial charge in [-0.3, -0.25) is 9.69 Å². The number of fused-ring (bicyclic) bond motifs is 1. The minimum atomic E-state index is -0.192. The van der Waals surface area contributed by atoms with Crippen LogP contribution in [0.4, 0.5) is 0 Å². The summed E-state index contributed by atoms with van der Waals surface area (Å²) in [6, 6.07) is 10.0. The first-order valence-electron chi connectivity index (χ1n) is 6.21. The van der Waals surface area contributed by atoms with E-state index >= 15 is 0 Å². The molecule has 94 valence electrons. The van der Waals surface area contributed by atoms with Gasteiger partial charge in [0, 0.05) is 11.9 Å². The maximum Gasteiger partial charge on any atom is 0.221 e. The SMILES string of the molecule is NC(=O)C1CCN(Cc2cc3ccccc3o2)C1. The van der Waals surface area contributed by atoms with Gasteiger partial charge in [0.2, 0.25) is 5.91 Å². The molecule has 0 saturated carbocycles. The lowest BCUT2D eigenvalue weighted by Crippen LogP contribution is -2.27. The molecule has 0 aliphatic carbocycles. The lowest BCUT2D eigenvalue weighted by atomic mass is 10.1. The van der Waals surface area contributed by atoms with Crippen LogP contribution < -0.4 is 5.73 Å². The predicted molar refractivity (Wildman–Crippen MR) is 68.8 cm³/mol. The van der Waals surface area contributed by atoms with Crippen molar-refractivity contribution in [2.45, 2.75) is 13.0 Å². The molecule has 4 heteroatoms. The number of nitrogens with zero attached hydrogens (tertiary/aromatic N) is 1. The number of amides is 1. The molecule has 1 aromatic heterocycles. The van der Waals surface area contributed by atoms with Crippen molar-refractivity contribution in [1.82, 2.24) is 4.90 Å². The van der Waals surface area contributed by atoms with E-state index in [-0.39, 0.29) is 11.8 Å². The smallest absolute Gasteiger partial charge is 0.221 e. The van der Waals surface area contributed by atoms with Crippen LogP contribution >= 0.6 is 0 Å². The molecule has 1 aromatic carbocycles. The summed E-state index contributed by atoms with van der Waals surface area (Å²) in [4.78, 5) is 13.3. The number of rotatable bonds is 3. The zero-order valence-electron chi connectivity index (χ0n) is 10.1. The number of para-hydroxylation sites is 1. The number of furan rings is 1. The van der Waals surface area contributed by atoms with Gasteiger partial charge >= 0.3 is 0 Å². The Morgan fingerprint density at radius 2 is 2.28 bits per heavy atom. The molecule has 1 unspecified atom stereocenters. The Balaban J connectivity index is 1.71. The van der Waals surface area contributed by atoms with E-state index in [4.69, 9.17) is 10.2 Å². The maximum absolute atomic E-state index is 11.1. The van der Waals surface area contributed by atoms with Crippen LogP contribution in [0.1, 0.15) is 12.2 Å². The van der Waals surface area contributed by atoms with Crippen molar-refractivity contribution in [3.05, 3.63) is 36.1 Å². The summed E-state index contributed by atoms with van der Waals surface area (Å²) in [5, 5.41) is 1.12. The first-order valence-corrected chi connectivity index (χ1v) is 6.21. The van der Waals surface area contributed by atoms with Crippen molar-refractivity contribution in [2.75, 3.05) is 13.1 Å². The average Bonchev–Trinajstić information content (AvgIpc) is 2.94. The van der Waals surface area contributed by atoms with E-state index in [1.54, 1.807) is 0 Å². The highest BCUT2D eigenvalue weighted by atomic mass is 16.3. The second kappa shape index (κ2) is 4.46. The molecule has 0 radical (unpaired) electrons. The molecule has 2 heterocycles. The minimum absolute atomic E-state index is 0.00521. The predicted octanol–water partition coefficient (Wildman–Crippen LogP) is 1.74. The number of carbonyl (C=O) groups excluding carboxylic acids is 1. The van der Waals surface area contributed by atoms with E-state index in [0.29, 0.717) is 0 Å². The van der Waals surface area contributed by atoms with E-state index in [9.17, 15) is 4.79 Å². The standard InChI is InChI=1S/C14H16N2O2/c15-14(17)11-5-6-16(8-11)9-12-7-10-3-1-2-4-13(10)18-12/h1-4,7,11H,5-6,8-9H2,(H2,15,17). The van der Waals surface area contributed by atoms with Gasteiger partial charge in [-0.1, -0.05) is 18.2 Å². The number of hydrogen-bond donors (Lipinski definition) is 1. The second-order valence-corrected chi connectivity index (χ2v) is 4.87. The van der Waals surface area contributed by atoms with Gasteiger partial charge in [-0.15, -0.1) is 0 Å². The molecule has 1 amide bonds. The van der Waals surface area contributed by atoms with Crippen molar-refractivity contribution in [1.29, 1.82) is 0 Å². The van der Waals surface area contributed by atoms with Crippen LogP contribution in [0.3, 0.4) is 0 Å². The van der Waals surface area contributed by atoms with Crippen molar-refractivity contribution in [2.24, 2.45) is 11.7 Å². The van der Waals surface area contributed by atoms with E-state index in [1.165, 1.54) is 0 Å². The Labute approximate surface area is 105 Å². The summed E-state index contributed by atoms with van der Waals surface area (Å²) in [7, 11) is 0. The fraction of sp³-hybridized carbons (Fsp3) is 0.357. The Morgan fingerprint density at radius 3 is 3.00 bits per heavy atom. The van der Waals surface area contributed by atoms with Crippen molar-refractivity contribution >= 4 is 16.9 Å². The molecule has 4 nitrogen and oxygen atoms in total. The third-order valence-electron chi connectivity index (χ3n) is 3.53. The van der Waals surface area contributed by atoms with Crippen molar-refractivity contribution in [3.63, 3.8) is 0 Å². The van der Waals surface area contributed by atoms with Gasteiger partial charge in [0.15, 0.2) is 0 Å². The third-order valence-corrected chi connectivity index (χ3v) is 3.53. The molecule has 1 saturated heterocycles. The Hall–Kier alpha value is -1.81. The fourth-order valence-corrected chi connectivity index (χ4v) is 2.54. The van der Waals surface area contributed by atoms with Crippen LogP contribution in [-0.2, 0) is 11.3 Å². The Bertz CT molecular complexity index is 543. The number of likely N-dealkylation sites (tertiary alicyclic amines) is 1. The van der Waals surface area contributed by atoms with Crippen LogP contribution in [0.25, 0.3) is 11.0 Å². The van der Waals surface area contributed by atoms with E-state index in [1.807, 2.05) is 24.3 Å². The maximum atomic E-state index is 11.1. The molecular weight excluding hydrogens is 228 g/mol. The molecule has 3 rings (SSSR count). The van der Waals surface area contributed by atoms with Crippen LogP contribution in [0, 0.1) is 5.92 Å². The van der Waals surface area contributed by atoms with Gasteiger partial charge in [0.25, 0.3) is 0 Å². The monoisotopic (exact) mass is 244 g/mol.